The highest BCUT2D eigenvalue weighted by Crippen LogP contribution is 2.37. The predicted molar refractivity (Wildman–Crippen MR) is 109 cm³/mol. The van der Waals surface area contributed by atoms with E-state index in [1.54, 1.807) is 34.6 Å². The molecule has 2 rings (SSSR count). The Morgan fingerprint density at radius 3 is 2.28 bits per heavy atom. The third-order valence-corrected chi connectivity index (χ3v) is 4.51. The Labute approximate surface area is 187 Å². The lowest BCUT2D eigenvalue weighted by molar-refractivity contribution is -0.208. The van der Waals surface area contributed by atoms with Gasteiger partial charge in [-0.25, -0.2) is 4.79 Å². The summed E-state index contributed by atoms with van der Waals surface area (Å²) in [6, 6.07) is -0.825. The van der Waals surface area contributed by atoms with Gasteiger partial charge in [-0.05, 0) is 34.6 Å². The van der Waals surface area contributed by atoms with Crippen LogP contribution >= 0.6 is 0 Å². The van der Waals surface area contributed by atoms with E-state index >= 15 is 0 Å². The van der Waals surface area contributed by atoms with Crippen LogP contribution in [0.15, 0.2) is 0 Å². The van der Waals surface area contributed by atoms with Crippen LogP contribution in [0.25, 0.3) is 0 Å². The second-order valence-corrected chi connectivity index (χ2v) is 8.91. The zero-order valence-electron chi connectivity index (χ0n) is 19.3. The van der Waals surface area contributed by atoms with Crippen molar-refractivity contribution in [3.05, 3.63) is 0 Å². The first-order valence-electron chi connectivity index (χ1n) is 10.4. The molecule has 2 saturated heterocycles. The van der Waals surface area contributed by atoms with Gasteiger partial charge >= 0.3 is 12.1 Å². The molecule has 4 atom stereocenters. The highest BCUT2D eigenvalue weighted by molar-refractivity contribution is 5.84. The Morgan fingerprint density at radius 1 is 1.00 bits per heavy atom. The second kappa shape index (κ2) is 10.5. The number of esters is 1. The van der Waals surface area contributed by atoms with Crippen molar-refractivity contribution in [1.29, 1.82) is 0 Å². The van der Waals surface area contributed by atoms with Crippen LogP contribution in [0.3, 0.4) is 0 Å². The summed E-state index contributed by atoms with van der Waals surface area (Å²) < 4.78 is 26.8. The maximum absolute atomic E-state index is 12.6. The zero-order valence-corrected chi connectivity index (χ0v) is 19.3. The minimum atomic E-state index is -1.08. The fourth-order valence-corrected chi connectivity index (χ4v) is 3.23. The molecule has 12 heteroatoms. The van der Waals surface area contributed by atoms with Crippen LogP contribution in [0.1, 0.15) is 47.5 Å². The molecule has 0 radical (unpaired) electrons. The topological polar surface area (TPSA) is 151 Å². The Hall–Kier alpha value is -2.44. The molecule has 2 aliphatic heterocycles. The smallest absolute Gasteiger partial charge is 0.407 e. The van der Waals surface area contributed by atoms with Gasteiger partial charge in [-0.2, -0.15) is 0 Å². The SMILES string of the molecule is COC(=O)CCNC(=O)[C@H]1O[C@@H]2OC(C)(C)O[C@@H]2[C@@H]1NC(=O)CCNC(=O)OC(C)(C)C. The van der Waals surface area contributed by atoms with E-state index in [0.29, 0.717) is 0 Å². The molecule has 0 aromatic carbocycles. The minimum absolute atomic E-state index is 0.00475. The molecule has 0 saturated carbocycles. The van der Waals surface area contributed by atoms with Crippen LogP contribution in [0.5, 0.6) is 0 Å². The van der Waals surface area contributed by atoms with Crippen molar-refractivity contribution < 1.29 is 42.9 Å². The van der Waals surface area contributed by atoms with E-state index in [9.17, 15) is 19.2 Å². The molecule has 12 nitrogen and oxygen atoms in total. The molecular weight excluding hydrogens is 426 g/mol. The normalized spacial score (nSPS) is 26.1. The lowest BCUT2D eigenvalue weighted by atomic mass is 10.1. The Bertz CT molecular complexity index is 720. The number of alkyl carbamates (subject to hydrolysis) is 1. The van der Waals surface area contributed by atoms with Gasteiger partial charge in [0.15, 0.2) is 18.2 Å². The first kappa shape index (κ1) is 25.8. The number of methoxy groups -OCH3 is 1. The van der Waals surface area contributed by atoms with Crippen molar-refractivity contribution in [3.8, 4) is 0 Å². The summed E-state index contributed by atoms with van der Waals surface area (Å²) in [4.78, 5) is 48.0. The van der Waals surface area contributed by atoms with Gasteiger partial charge < -0.3 is 39.6 Å². The highest BCUT2D eigenvalue weighted by atomic mass is 16.8. The molecule has 3 N–H and O–H groups in total. The van der Waals surface area contributed by atoms with Crippen LogP contribution in [0, 0.1) is 0 Å². The molecule has 2 aliphatic rings. The molecule has 2 heterocycles. The van der Waals surface area contributed by atoms with Gasteiger partial charge in [0.2, 0.25) is 5.91 Å². The summed E-state index contributed by atoms with van der Waals surface area (Å²) in [6.07, 6.45) is -3.31. The number of carbonyl (C=O) groups excluding carboxylic acids is 4. The summed E-state index contributed by atoms with van der Waals surface area (Å²) in [5, 5.41) is 7.82. The maximum Gasteiger partial charge on any atom is 0.407 e. The fraction of sp³-hybridized carbons (Fsp3) is 0.800. The van der Waals surface area contributed by atoms with E-state index in [1.165, 1.54) is 7.11 Å². The number of hydrogen-bond acceptors (Lipinski definition) is 9. The summed E-state index contributed by atoms with van der Waals surface area (Å²) in [5.41, 5.74) is -0.649. The molecule has 0 aliphatic carbocycles. The molecule has 0 bridgehead atoms. The number of carbonyl (C=O) groups is 4. The fourth-order valence-electron chi connectivity index (χ4n) is 3.23. The van der Waals surface area contributed by atoms with Crippen LogP contribution in [-0.4, -0.2) is 80.0 Å². The van der Waals surface area contributed by atoms with E-state index in [0.717, 1.165) is 0 Å². The van der Waals surface area contributed by atoms with Gasteiger partial charge in [0.1, 0.15) is 11.7 Å². The number of hydrogen-bond donors (Lipinski definition) is 3. The van der Waals surface area contributed by atoms with Crippen LogP contribution in [0.2, 0.25) is 0 Å². The Morgan fingerprint density at radius 2 is 1.66 bits per heavy atom. The van der Waals surface area contributed by atoms with Crippen molar-refractivity contribution in [2.45, 2.75) is 83.4 Å². The molecule has 2 fully saturated rings. The molecule has 3 amide bonds. The van der Waals surface area contributed by atoms with Crippen molar-refractivity contribution in [1.82, 2.24) is 16.0 Å². The minimum Gasteiger partial charge on any atom is -0.469 e. The van der Waals surface area contributed by atoms with E-state index in [1.807, 2.05) is 0 Å². The number of ether oxygens (including phenoxy) is 5. The van der Waals surface area contributed by atoms with E-state index in [-0.39, 0.29) is 25.9 Å². The van der Waals surface area contributed by atoms with Gasteiger partial charge in [0.05, 0.1) is 19.6 Å². The van der Waals surface area contributed by atoms with Crippen molar-refractivity contribution in [2.75, 3.05) is 20.2 Å². The summed E-state index contributed by atoms with van der Waals surface area (Å²) in [7, 11) is 1.26. The van der Waals surface area contributed by atoms with Gasteiger partial charge in [-0.1, -0.05) is 0 Å². The Balaban J connectivity index is 1.92. The van der Waals surface area contributed by atoms with Crippen LogP contribution in [-0.2, 0) is 38.1 Å². The van der Waals surface area contributed by atoms with E-state index < -0.39 is 59.8 Å². The van der Waals surface area contributed by atoms with E-state index in [4.69, 9.17) is 18.9 Å². The quantitative estimate of drug-likeness (QED) is 0.424. The molecule has 182 valence electrons. The standard InChI is InChI=1S/C20H33N3O9/c1-19(2,3)32-18(27)22-9-7-11(24)23-13-14(16(26)21-10-8-12(25)28-6)29-17-15(13)30-20(4,5)31-17/h13-15,17H,7-10H2,1-6H3,(H,21,26)(H,22,27)(H,23,24)/t13-,14+,15-,17-/m1/s1. The number of amides is 3. The van der Waals surface area contributed by atoms with Gasteiger partial charge in [-0.3, -0.25) is 14.4 Å². The number of nitrogens with one attached hydrogen (secondary N) is 3. The van der Waals surface area contributed by atoms with Crippen molar-refractivity contribution >= 4 is 23.9 Å². The summed E-state index contributed by atoms with van der Waals surface area (Å²) >= 11 is 0. The summed E-state index contributed by atoms with van der Waals surface area (Å²) in [6.45, 7) is 8.69. The van der Waals surface area contributed by atoms with Crippen LogP contribution in [0.4, 0.5) is 4.79 Å². The molecule has 0 aromatic heterocycles. The monoisotopic (exact) mass is 459 g/mol. The molecule has 0 unspecified atom stereocenters. The Kier molecular flexibility index (Phi) is 8.43. The molecule has 32 heavy (non-hydrogen) atoms. The highest BCUT2D eigenvalue weighted by Gasteiger charge is 2.57. The number of rotatable bonds is 8. The maximum atomic E-state index is 12.6. The lowest BCUT2D eigenvalue weighted by Crippen LogP contribution is -2.53. The number of fused-ring (bicyclic) bond motifs is 1. The van der Waals surface area contributed by atoms with Gasteiger partial charge in [0, 0.05) is 19.5 Å². The largest absolute Gasteiger partial charge is 0.469 e. The van der Waals surface area contributed by atoms with Crippen LogP contribution < -0.4 is 16.0 Å². The van der Waals surface area contributed by atoms with Gasteiger partial charge in [0.25, 0.3) is 5.91 Å². The average Bonchev–Trinajstić information content (AvgIpc) is 3.12. The summed E-state index contributed by atoms with van der Waals surface area (Å²) in [5.74, 6) is -2.35. The third-order valence-electron chi connectivity index (χ3n) is 4.51. The first-order chi connectivity index (χ1) is 14.8. The molecular formula is C20H33N3O9. The van der Waals surface area contributed by atoms with E-state index in [2.05, 4.69) is 20.7 Å². The predicted octanol–water partition coefficient (Wildman–Crippen LogP) is -0.0583. The third kappa shape index (κ3) is 7.61. The second-order valence-electron chi connectivity index (χ2n) is 8.91. The molecule has 0 spiro atoms. The molecule has 0 aromatic rings. The van der Waals surface area contributed by atoms with Gasteiger partial charge in [-0.15, -0.1) is 0 Å². The average molecular weight is 459 g/mol. The van der Waals surface area contributed by atoms with Crippen molar-refractivity contribution in [3.63, 3.8) is 0 Å². The zero-order chi connectivity index (χ0) is 24.1. The van der Waals surface area contributed by atoms with Crippen molar-refractivity contribution in [2.24, 2.45) is 0 Å². The lowest BCUT2D eigenvalue weighted by Gasteiger charge is -2.26. The first-order valence-corrected chi connectivity index (χ1v) is 10.4.